The number of rotatable bonds is 4. The summed E-state index contributed by atoms with van der Waals surface area (Å²) in [7, 11) is -3.44. The summed E-state index contributed by atoms with van der Waals surface area (Å²) in [5, 5.41) is 0. The summed E-state index contributed by atoms with van der Waals surface area (Å²) in [6.45, 7) is 4.89. The highest BCUT2D eigenvalue weighted by Crippen LogP contribution is 2.21. The number of ether oxygens (including phenoxy) is 1. The van der Waals surface area contributed by atoms with Crippen molar-refractivity contribution in [1.82, 2.24) is 9.21 Å². The van der Waals surface area contributed by atoms with Crippen molar-refractivity contribution in [2.45, 2.75) is 43.6 Å². The van der Waals surface area contributed by atoms with Crippen molar-refractivity contribution >= 4 is 22.0 Å². The minimum Gasteiger partial charge on any atom is -0.375 e. The number of benzene rings is 1. The monoisotopic (exact) mass is 392 g/mol. The van der Waals surface area contributed by atoms with E-state index in [2.05, 4.69) is 0 Å². The van der Waals surface area contributed by atoms with Crippen LogP contribution in [0.25, 0.3) is 6.08 Å². The molecule has 2 aliphatic heterocycles. The van der Waals surface area contributed by atoms with Gasteiger partial charge in [-0.15, -0.1) is 0 Å². The third kappa shape index (κ3) is 5.18. The summed E-state index contributed by atoms with van der Waals surface area (Å²) < 4.78 is 32.6. The molecule has 2 heterocycles. The van der Waals surface area contributed by atoms with Gasteiger partial charge in [-0.3, -0.25) is 4.79 Å². The van der Waals surface area contributed by atoms with Crippen LogP contribution in [0.5, 0.6) is 0 Å². The van der Waals surface area contributed by atoms with Crippen LogP contribution in [0.4, 0.5) is 0 Å². The van der Waals surface area contributed by atoms with Crippen LogP contribution in [0, 0.1) is 0 Å². The Balaban J connectivity index is 1.65. The van der Waals surface area contributed by atoms with Gasteiger partial charge < -0.3 is 9.64 Å². The lowest BCUT2D eigenvalue weighted by molar-refractivity contribution is -0.132. The van der Waals surface area contributed by atoms with E-state index in [1.165, 1.54) is 6.08 Å². The molecule has 1 atom stereocenters. The lowest BCUT2D eigenvalue weighted by atomic mass is 10.2. The molecule has 27 heavy (non-hydrogen) atoms. The Hall–Kier alpha value is -1.70. The summed E-state index contributed by atoms with van der Waals surface area (Å²) >= 11 is 0. The average Bonchev–Trinajstić information content (AvgIpc) is 2.96. The molecule has 0 spiro atoms. The van der Waals surface area contributed by atoms with Crippen molar-refractivity contribution in [2.24, 2.45) is 0 Å². The fourth-order valence-electron chi connectivity index (χ4n) is 3.47. The van der Waals surface area contributed by atoms with Crippen LogP contribution in [0.2, 0.25) is 0 Å². The molecule has 6 nitrogen and oxygen atoms in total. The van der Waals surface area contributed by atoms with Gasteiger partial charge in [-0.25, -0.2) is 8.42 Å². The molecule has 0 N–H and O–H groups in total. The van der Waals surface area contributed by atoms with Gasteiger partial charge in [0.1, 0.15) is 0 Å². The Morgan fingerprint density at radius 3 is 2.37 bits per heavy atom. The largest absolute Gasteiger partial charge is 0.375 e. The number of morpholine rings is 1. The Bertz CT molecular complexity index is 766. The molecule has 0 saturated carbocycles. The SMILES string of the molecule is CC1CN(C(=O)/C=C/c2ccc(S(=O)(=O)N3CCCCCC3)cc2)CCO1. The molecule has 2 fully saturated rings. The van der Waals surface area contributed by atoms with Gasteiger partial charge in [0.15, 0.2) is 0 Å². The second-order valence-electron chi connectivity index (χ2n) is 7.19. The molecule has 1 aromatic rings. The number of hydrogen-bond acceptors (Lipinski definition) is 4. The Morgan fingerprint density at radius 1 is 1.07 bits per heavy atom. The number of nitrogens with zero attached hydrogens (tertiary/aromatic N) is 2. The molecule has 2 saturated heterocycles. The first-order valence-corrected chi connectivity index (χ1v) is 11.1. The lowest BCUT2D eigenvalue weighted by Crippen LogP contribution is -2.43. The molecule has 148 valence electrons. The summed E-state index contributed by atoms with van der Waals surface area (Å²) in [5.41, 5.74) is 0.805. The van der Waals surface area contributed by atoms with Crippen LogP contribution in [0.1, 0.15) is 38.2 Å². The van der Waals surface area contributed by atoms with E-state index in [-0.39, 0.29) is 12.0 Å². The zero-order valence-corrected chi connectivity index (χ0v) is 16.7. The minimum absolute atomic E-state index is 0.0496. The van der Waals surface area contributed by atoms with Crippen molar-refractivity contribution in [3.63, 3.8) is 0 Å². The van der Waals surface area contributed by atoms with Gasteiger partial charge in [-0.05, 0) is 43.5 Å². The molecule has 7 heteroatoms. The summed E-state index contributed by atoms with van der Waals surface area (Å²) in [5.74, 6) is -0.0496. The van der Waals surface area contributed by atoms with Gasteiger partial charge in [-0.1, -0.05) is 25.0 Å². The predicted octanol–water partition coefficient (Wildman–Crippen LogP) is 2.51. The Kier molecular flexibility index (Phi) is 6.68. The predicted molar refractivity (Wildman–Crippen MR) is 105 cm³/mol. The minimum atomic E-state index is -3.44. The first-order chi connectivity index (χ1) is 13.0. The van der Waals surface area contributed by atoms with Gasteiger partial charge >= 0.3 is 0 Å². The quantitative estimate of drug-likeness (QED) is 0.739. The molecule has 1 amide bonds. The number of hydrogen-bond donors (Lipinski definition) is 0. The van der Waals surface area contributed by atoms with Crippen LogP contribution in [-0.4, -0.2) is 62.4 Å². The highest BCUT2D eigenvalue weighted by atomic mass is 32.2. The average molecular weight is 393 g/mol. The van der Waals surface area contributed by atoms with E-state index in [0.29, 0.717) is 37.7 Å². The normalized spacial score (nSPS) is 22.7. The molecular weight excluding hydrogens is 364 g/mol. The van der Waals surface area contributed by atoms with Crippen molar-refractivity contribution in [3.05, 3.63) is 35.9 Å². The van der Waals surface area contributed by atoms with Crippen molar-refractivity contribution in [2.75, 3.05) is 32.8 Å². The van der Waals surface area contributed by atoms with E-state index in [1.54, 1.807) is 39.5 Å². The molecule has 0 aromatic heterocycles. The third-order valence-electron chi connectivity index (χ3n) is 5.05. The summed E-state index contributed by atoms with van der Waals surface area (Å²) in [4.78, 5) is 14.3. The van der Waals surface area contributed by atoms with Gasteiger partial charge in [0, 0.05) is 32.3 Å². The molecular formula is C20H28N2O4S. The van der Waals surface area contributed by atoms with Gasteiger partial charge in [0.2, 0.25) is 15.9 Å². The van der Waals surface area contributed by atoms with Crippen molar-refractivity contribution in [3.8, 4) is 0 Å². The van der Waals surface area contributed by atoms with Crippen molar-refractivity contribution < 1.29 is 17.9 Å². The molecule has 3 rings (SSSR count). The zero-order chi connectivity index (χ0) is 19.3. The standard InChI is InChI=1S/C20H28N2O4S/c1-17-16-21(14-15-26-17)20(23)11-8-18-6-9-19(10-7-18)27(24,25)22-12-4-2-3-5-13-22/h6-11,17H,2-5,12-16H2,1H3/b11-8+. The Labute approximate surface area is 161 Å². The maximum Gasteiger partial charge on any atom is 0.246 e. The highest BCUT2D eigenvalue weighted by Gasteiger charge is 2.25. The van der Waals surface area contributed by atoms with Crippen LogP contribution in [0.3, 0.4) is 0 Å². The van der Waals surface area contributed by atoms with Crippen LogP contribution < -0.4 is 0 Å². The molecule has 1 unspecified atom stereocenters. The van der Waals surface area contributed by atoms with Crippen LogP contribution >= 0.6 is 0 Å². The van der Waals surface area contributed by atoms with E-state index < -0.39 is 10.0 Å². The lowest BCUT2D eigenvalue weighted by Gasteiger charge is -2.30. The smallest absolute Gasteiger partial charge is 0.246 e. The summed E-state index contributed by atoms with van der Waals surface area (Å²) in [6, 6.07) is 6.75. The van der Waals surface area contributed by atoms with E-state index >= 15 is 0 Å². The Morgan fingerprint density at radius 2 is 1.74 bits per heavy atom. The zero-order valence-electron chi connectivity index (χ0n) is 15.8. The van der Waals surface area contributed by atoms with Crippen LogP contribution in [0.15, 0.2) is 35.2 Å². The molecule has 1 aromatic carbocycles. The number of carbonyl (C=O) groups excluding carboxylic acids is 1. The number of carbonyl (C=O) groups is 1. The summed E-state index contributed by atoms with van der Waals surface area (Å²) in [6.07, 6.45) is 7.34. The topological polar surface area (TPSA) is 66.9 Å². The highest BCUT2D eigenvalue weighted by molar-refractivity contribution is 7.89. The van der Waals surface area contributed by atoms with Crippen LogP contribution in [-0.2, 0) is 19.6 Å². The van der Waals surface area contributed by atoms with E-state index in [4.69, 9.17) is 4.74 Å². The van der Waals surface area contributed by atoms with Gasteiger partial charge in [0.05, 0.1) is 17.6 Å². The number of sulfonamides is 1. The molecule has 0 bridgehead atoms. The van der Waals surface area contributed by atoms with E-state index in [0.717, 1.165) is 31.2 Å². The van der Waals surface area contributed by atoms with Gasteiger partial charge in [-0.2, -0.15) is 4.31 Å². The fourth-order valence-corrected chi connectivity index (χ4v) is 4.99. The maximum atomic E-state index is 12.8. The first kappa shape index (κ1) is 20.0. The molecule has 0 radical (unpaired) electrons. The molecule has 2 aliphatic rings. The third-order valence-corrected chi connectivity index (χ3v) is 6.97. The number of amides is 1. The first-order valence-electron chi connectivity index (χ1n) is 9.65. The molecule has 0 aliphatic carbocycles. The van der Waals surface area contributed by atoms with Gasteiger partial charge in [0.25, 0.3) is 0 Å². The van der Waals surface area contributed by atoms with E-state index in [1.807, 2.05) is 6.92 Å². The van der Waals surface area contributed by atoms with Crippen molar-refractivity contribution in [1.29, 1.82) is 0 Å². The van der Waals surface area contributed by atoms with E-state index in [9.17, 15) is 13.2 Å². The second-order valence-corrected chi connectivity index (χ2v) is 9.12. The maximum absolute atomic E-state index is 12.8. The second kappa shape index (κ2) is 8.99. The fraction of sp³-hybridized carbons (Fsp3) is 0.550.